The Labute approximate surface area is 210 Å². The Morgan fingerprint density at radius 3 is 2.58 bits per heavy atom. The summed E-state index contributed by atoms with van der Waals surface area (Å²) in [4.78, 5) is 28.8. The minimum absolute atomic E-state index is 0.0117. The highest BCUT2D eigenvalue weighted by molar-refractivity contribution is 6.01. The standard InChI is InChI=1S/C29H30FN3O3/c1-18-8-13-25(36-18)28-27-22(14-29(2,3)15-24(27)34)32-21-6-4-5-7-23(21)33(28)17-26(35)31-16-19-9-11-20(30)12-10-19/h4-13,28,32H,14-17H2,1-3H3,(H,31,35). The molecular weight excluding hydrogens is 457 g/mol. The van der Waals surface area contributed by atoms with Crippen molar-refractivity contribution in [1.82, 2.24) is 5.32 Å². The van der Waals surface area contributed by atoms with Crippen molar-refractivity contribution in [1.29, 1.82) is 0 Å². The topological polar surface area (TPSA) is 74.6 Å². The fourth-order valence-corrected chi connectivity index (χ4v) is 5.14. The van der Waals surface area contributed by atoms with Crippen LogP contribution in [0.2, 0.25) is 0 Å². The lowest BCUT2D eigenvalue weighted by Crippen LogP contribution is -2.41. The molecule has 3 aromatic rings. The molecular formula is C29H30FN3O3. The summed E-state index contributed by atoms with van der Waals surface area (Å²) in [5.41, 5.74) is 3.79. The molecule has 0 bridgehead atoms. The normalized spacial score (nSPS) is 18.7. The molecule has 7 heteroatoms. The average molecular weight is 488 g/mol. The summed E-state index contributed by atoms with van der Waals surface area (Å²) in [6.07, 6.45) is 1.13. The van der Waals surface area contributed by atoms with E-state index in [9.17, 15) is 14.0 Å². The molecule has 1 atom stereocenters. The van der Waals surface area contributed by atoms with Gasteiger partial charge in [0.2, 0.25) is 5.91 Å². The van der Waals surface area contributed by atoms with E-state index >= 15 is 0 Å². The second-order valence-electron chi connectivity index (χ2n) is 10.4. The van der Waals surface area contributed by atoms with Crippen LogP contribution in [-0.2, 0) is 16.1 Å². The molecule has 2 heterocycles. The SMILES string of the molecule is Cc1ccc(C2C3=C(CC(C)(C)CC3=O)Nc3ccccc3N2CC(=O)NCc2ccc(F)cc2)o1. The van der Waals surface area contributed by atoms with Crippen LogP contribution < -0.4 is 15.5 Å². The van der Waals surface area contributed by atoms with Gasteiger partial charge in [-0.1, -0.05) is 38.1 Å². The van der Waals surface area contributed by atoms with Crippen LogP contribution in [0.5, 0.6) is 0 Å². The van der Waals surface area contributed by atoms with Gasteiger partial charge in [0.15, 0.2) is 5.78 Å². The van der Waals surface area contributed by atoms with Crippen LogP contribution in [0.25, 0.3) is 0 Å². The number of fused-ring (bicyclic) bond motifs is 1. The van der Waals surface area contributed by atoms with E-state index in [-0.39, 0.29) is 36.0 Å². The summed E-state index contributed by atoms with van der Waals surface area (Å²) in [5.74, 6) is 0.881. The number of hydrogen-bond donors (Lipinski definition) is 2. The van der Waals surface area contributed by atoms with Crippen molar-refractivity contribution in [2.45, 2.75) is 46.2 Å². The molecule has 0 radical (unpaired) electrons. The van der Waals surface area contributed by atoms with Crippen LogP contribution in [0, 0.1) is 18.2 Å². The first-order valence-electron chi connectivity index (χ1n) is 12.2. The third kappa shape index (κ3) is 4.78. The summed E-state index contributed by atoms with van der Waals surface area (Å²) < 4.78 is 19.3. The van der Waals surface area contributed by atoms with E-state index in [1.807, 2.05) is 48.2 Å². The molecule has 1 aromatic heterocycles. The number of aryl methyl sites for hydroxylation is 1. The number of nitrogens with zero attached hydrogens (tertiary/aromatic N) is 1. The number of para-hydroxylation sites is 2. The molecule has 2 aromatic carbocycles. The van der Waals surface area contributed by atoms with Crippen molar-refractivity contribution >= 4 is 23.1 Å². The van der Waals surface area contributed by atoms with Crippen molar-refractivity contribution in [2.24, 2.45) is 5.41 Å². The van der Waals surface area contributed by atoms with Gasteiger partial charge < -0.3 is 20.0 Å². The van der Waals surface area contributed by atoms with Gasteiger partial charge in [0.05, 0.1) is 17.9 Å². The van der Waals surface area contributed by atoms with Crippen molar-refractivity contribution in [3.05, 3.63) is 94.8 Å². The maximum atomic E-state index is 13.6. The number of hydrogen-bond acceptors (Lipinski definition) is 5. The number of allylic oxidation sites excluding steroid dienone is 1. The monoisotopic (exact) mass is 487 g/mol. The number of carbonyl (C=O) groups excluding carboxylic acids is 2. The van der Waals surface area contributed by atoms with E-state index in [0.717, 1.165) is 28.4 Å². The summed E-state index contributed by atoms with van der Waals surface area (Å²) in [6, 6.07) is 17.0. The first-order chi connectivity index (χ1) is 17.2. The molecule has 5 rings (SSSR count). The van der Waals surface area contributed by atoms with Gasteiger partial charge in [-0.15, -0.1) is 0 Å². The van der Waals surface area contributed by atoms with Gasteiger partial charge in [0, 0.05) is 24.2 Å². The van der Waals surface area contributed by atoms with Gasteiger partial charge in [0.1, 0.15) is 23.4 Å². The third-order valence-electron chi connectivity index (χ3n) is 6.75. The highest BCUT2D eigenvalue weighted by atomic mass is 19.1. The minimum Gasteiger partial charge on any atom is -0.464 e. The summed E-state index contributed by atoms with van der Waals surface area (Å²) in [7, 11) is 0. The Bertz CT molecular complexity index is 1340. The van der Waals surface area contributed by atoms with Crippen molar-refractivity contribution in [3.8, 4) is 0 Å². The van der Waals surface area contributed by atoms with Crippen LogP contribution in [0.15, 0.2) is 76.4 Å². The van der Waals surface area contributed by atoms with Gasteiger partial charge in [-0.25, -0.2) is 4.39 Å². The molecule has 186 valence electrons. The van der Waals surface area contributed by atoms with Crippen LogP contribution in [0.1, 0.15) is 49.8 Å². The van der Waals surface area contributed by atoms with Crippen LogP contribution in [0.3, 0.4) is 0 Å². The number of ketones is 1. The molecule has 1 unspecified atom stereocenters. The molecule has 2 N–H and O–H groups in total. The van der Waals surface area contributed by atoms with E-state index in [4.69, 9.17) is 4.42 Å². The lowest BCUT2D eigenvalue weighted by atomic mass is 9.74. The number of furan rings is 1. The molecule has 0 spiro atoms. The first kappa shape index (κ1) is 23.9. The predicted octanol–water partition coefficient (Wildman–Crippen LogP) is 5.66. The predicted molar refractivity (Wildman–Crippen MR) is 137 cm³/mol. The minimum atomic E-state index is -0.551. The number of nitrogens with one attached hydrogen (secondary N) is 2. The zero-order valence-corrected chi connectivity index (χ0v) is 20.7. The fourth-order valence-electron chi connectivity index (χ4n) is 5.14. The van der Waals surface area contributed by atoms with Gasteiger partial charge >= 0.3 is 0 Å². The zero-order chi connectivity index (χ0) is 25.4. The van der Waals surface area contributed by atoms with E-state index in [1.165, 1.54) is 12.1 Å². The quantitative estimate of drug-likeness (QED) is 0.486. The number of benzene rings is 2. The maximum Gasteiger partial charge on any atom is 0.239 e. The Balaban J connectivity index is 1.54. The number of carbonyl (C=O) groups is 2. The van der Waals surface area contributed by atoms with E-state index in [0.29, 0.717) is 24.2 Å². The highest BCUT2D eigenvalue weighted by Gasteiger charge is 2.43. The Hall–Kier alpha value is -3.87. The third-order valence-corrected chi connectivity index (χ3v) is 6.75. The summed E-state index contributed by atoms with van der Waals surface area (Å²) in [5, 5.41) is 6.46. The largest absolute Gasteiger partial charge is 0.464 e. The van der Waals surface area contributed by atoms with E-state index in [1.54, 1.807) is 12.1 Å². The van der Waals surface area contributed by atoms with Crippen LogP contribution >= 0.6 is 0 Å². The van der Waals surface area contributed by atoms with Crippen molar-refractivity contribution in [2.75, 3.05) is 16.8 Å². The highest BCUT2D eigenvalue weighted by Crippen LogP contribution is 2.48. The van der Waals surface area contributed by atoms with Gasteiger partial charge in [-0.2, -0.15) is 0 Å². The molecule has 2 aliphatic rings. The molecule has 0 saturated heterocycles. The smallest absolute Gasteiger partial charge is 0.239 e. The Morgan fingerprint density at radius 2 is 1.86 bits per heavy atom. The molecule has 6 nitrogen and oxygen atoms in total. The van der Waals surface area contributed by atoms with E-state index < -0.39 is 6.04 Å². The van der Waals surface area contributed by atoms with E-state index in [2.05, 4.69) is 24.5 Å². The van der Waals surface area contributed by atoms with Crippen LogP contribution in [0.4, 0.5) is 15.8 Å². The molecule has 0 saturated carbocycles. The molecule has 1 aliphatic carbocycles. The summed E-state index contributed by atoms with van der Waals surface area (Å²) >= 11 is 0. The Kier molecular flexibility index (Phi) is 6.16. The van der Waals surface area contributed by atoms with Gasteiger partial charge in [-0.3, -0.25) is 9.59 Å². The van der Waals surface area contributed by atoms with Gasteiger partial charge in [-0.05, 0) is 60.7 Å². The lowest BCUT2D eigenvalue weighted by molar-refractivity contribution is -0.121. The summed E-state index contributed by atoms with van der Waals surface area (Å²) in [6.45, 7) is 6.35. The lowest BCUT2D eigenvalue weighted by Gasteiger charge is -2.36. The average Bonchev–Trinajstić information content (AvgIpc) is 3.20. The molecule has 1 aliphatic heterocycles. The zero-order valence-electron chi connectivity index (χ0n) is 20.7. The second-order valence-corrected chi connectivity index (χ2v) is 10.4. The number of Topliss-reactive ketones (excluding diaryl/α,β-unsaturated/α-hetero) is 1. The fraction of sp³-hybridized carbons (Fsp3) is 0.310. The maximum absolute atomic E-state index is 13.6. The van der Waals surface area contributed by atoms with Crippen molar-refractivity contribution in [3.63, 3.8) is 0 Å². The number of anilines is 2. The molecule has 36 heavy (non-hydrogen) atoms. The molecule has 1 amide bonds. The first-order valence-corrected chi connectivity index (χ1v) is 12.2. The molecule has 0 fully saturated rings. The second kappa shape index (κ2) is 9.30. The number of rotatable bonds is 5. The van der Waals surface area contributed by atoms with Crippen molar-refractivity contribution < 1.29 is 18.4 Å². The number of halogens is 1. The Morgan fingerprint density at radius 1 is 1.11 bits per heavy atom. The van der Waals surface area contributed by atoms with Crippen LogP contribution in [-0.4, -0.2) is 18.2 Å². The van der Waals surface area contributed by atoms with Gasteiger partial charge in [0.25, 0.3) is 0 Å². The number of amides is 1.